The van der Waals surface area contributed by atoms with E-state index in [2.05, 4.69) is 11.1 Å². The molecule has 12 heteroatoms. The summed E-state index contributed by atoms with van der Waals surface area (Å²) < 4.78 is 64.4. The molecule has 8 nitrogen and oxygen atoms in total. The molecule has 1 aromatic heterocycles. The first-order chi connectivity index (χ1) is 17.4. The molecule has 2 N–H and O–H groups in total. The highest BCUT2D eigenvalue weighted by Gasteiger charge is 2.41. The summed E-state index contributed by atoms with van der Waals surface area (Å²) in [7, 11) is -3.73. The predicted octanol–water partition coefficient (Wildman–Crippen LogP) is 3.13. The number of likely N-dealkylation sites (tertiary alicyclic amines) is 1. The van der Waals surface area contributed by atoms with Gasteiger partial charge in [0.1, 0.15) is 11.7 Å². The Kier molecular flexibility index (Phi) is 7.28. The third-order valence-electron chi connectivity index (χ3n) is 7.05. The van der Waals surface area contributed by atoms with E-state index in [1.54, 1.807) is 0 Å². The van der Waals surface area contributed by atoms with Crippen LogP contribution < -0.4 is 5.73 Å². The van der Waals surface area contributed by atoms with Crippen molar-refractivity contribution in [3.8, 4) is 6.07 Å². The second kappa shape index (κ2) is 10.1. The van der Waals surface area contributed by atoms with Crippen molar-refractivity contribution in [1.82, 2.24) is 9.88 Å². The highest BCUT2D eigenvalue weighted by atomic mass is 32.2. The number of hydrogen-bond acceptors (Lipinski definition) is 6. The number of nitriles is 1. The van der Waals surface area contributed by atoms with E-state index in [0.29, 0.717) is 18.4 Å². The van der Waals surface area contributed by atoms with Crippen LogP contribution in [0.15, 0.2) is 47.5 Å². The molecule has 1 aliphatic heterocycles. The van der Waals surface area contributed by atoms with Crippen LogP contribution in [0.2, 0.25) is 0 Å². The van der Waals surface area contributed by atoms with Crippen LogP contribution in [0, 0.1) is 23.2 Å². The van der Waals surface area contributed by atoms with Gasteiger partial charge >= 0.3 is 6.18 Å². The molecule has 1 aliphatic carbocycles. The molecular weight excluding hydrogens is 509 g/mol. The lowest BCUT2D eigenvalue weighted by atomic mass is 9.83. The molecule has 4 rings (SSSR count). The number of benzene rings is 1. The summed E-state index contributed by atoms with van der Waals surface area (Å²) >= 11 is 0. The SMILES string of the molecule is N#CC1CC(S(=O)(=O)c2cccc(C(=O)N3CCCC(Cc4ccc(C(F)(F)F)nc4)[C@@H]3C(N)=O)c2)C1. The van der Waals surface area contributed by atoms with Crippen LogP contribution >= 0.6 is 0 Å². The van der Waals surface area contributed by atoms with E-state index in [1.807, 2.05) is 0 Å². The Hall–Kier alpha value is -3.46. The fourth-order valence-corrected chi connectivity index (χ4v) is 6.92. The smallest absolute Gasteiger partial charge is 0.368 e. The molecule has 0 spiro atoms. The highest BCUT2D eigenvalue weighted by molar-refractivity contribution is 7.92. The van der Waals surface area contributed by atoms with Crippen LogP contribution in [0.1, 0.15) is 47.3 Å². The number of halogens is 3. The summed E-state index contributed by atoms with van der Waals surface area (Å²) in [6.45, 7) is 0.220. The number of nitrogens with two attached hydrogens (primary N) is 1. The maximum atomic E-state index is 13.4. The molecule has 196 valence electrons. The highest BCUT2D eigenvalue weighted by Crippen LogP contribution is 2.36. The van der Waals surface area contributed by atoms with Crippen molar-refractivity contribution in [3.05, 3.63) is 59.4 Å². The van der Waals surface area contributed by atoms with E-state index in [-0.39, 0.29) is 42.2 Å². The van der Waals surface area contributed by atoms with Gasteiger partial charge in [0.15, 0.2) is 9.84 Å². The average Bonchev–Trinajstić information content (AvgIpc) is 2.82. The number of rotatable bonds is 6. The minimum absolute atomic E-state index is 0.0280. The van der Waals surface area contributed by atoms with Gasteiger partial charge in [-0.05, 0) is 67.9 Å². The summed E-state index contributed by atoms with van der Waals surface area (Å²) in [5.41, 5.74) is 5.20. The summed E-state index contributed by atoms with van der Waals surface area (Å²) in [4.78, 5) is 30.6. The minimum Gasteiger partial charge on any atom is -0.368 e. The zero-order chi connectivity index (χ0) is 27.0. The van der Waals surface area contributed by atoms with Gasteiger partial charge in [-0.3, -0.25) is 14.6 Å². The number of hydrogen-bond donors (Lipinski definition) is 1. The number of aromatic nitrogens is 1. The van der Waals surface area contributed by atoms with E-state index in [1.165, 1.54) is 35.2 Å². The van der Waals surface area contributed by atoms with Crippen molar-refractivity contribution in [3.63, 3.8) is 0 Å². The number of amides is 2. The lowest BCUT2D eigenvalue weighted by Gasteiger charge is -2.39. The second-order valence-electron chi connectivity index (χ2n) is 9.49. The van der Waals surface area contributed by atoms with Gasteiger partial charge in [0.05, 0.1) is 16.2 Å². The Morgan fingerprint density at radius 3 is 2.51 bits per heavy atom. The molecule has 1 saturated heterocycles. The molecule has 2 heterocycles. The van der Waals surface area contributed by atoms with Gasteiger partial charge < -0.3 is 10.6 Å². The van der Waals surface area contributed by atoms with Crippen molar-refractivity contribution < 1.29 is 31.2 Å². The number of piperidine rings is 1. The van der Waals surface area contributed by atoms with Crippen molar-refractivity contribution in [2.24, 2.45) is 17.6 Å². The van der Waals surface area contributed by atoms with E-state index in [4.69, 9.17) is 11.0 Å². The van der Waals surface area contributed by atoms with Gasteiger partial charge in [-0.1, -0.05) is 12.1 Å². The quantitative estimate of drug-likeness (QED) is 0.605. The molecule has 1 unspecified atom stereocenters. The maximum absolute atomic E-state index is 13.4. The number of sulfone groups is 1. The molecular formula is C25H25F3N4O4S. The lowest BCUT2D eigenvalue weighted by molar-refractivity contribution is -0.141. The predicted molar refractivity (Wildman–Crippen MR) is 125 cm³/mol. The largest absolute Gasteiger partial charge is 0.433 e. The number of primary amides is 1. The van der Waals surface area contributed by atoms with Crippen LogP contribution in [0.3, 0.4) is 0 Å². The van der Waals surface area contributed by atoms with Gasteiger partial charge in [0.25, 0.3) is 5.91 Å². The third-order valence-corrected chi connectivity index (χ3v) is 9.22. The minimum atomic E-state index is -4.57. The van der Waals surface area contributed by atoms with Gasteiger partial charge in [-0.2, -0.15) is 18.4 Å². The monoisotopic (exact) mass is 534 g/mol. The Morgan fingerprint density at radius 2 is 1.92 bits per heavy atom. The zero-order valence-corrected chi connectivity index (χ0v) is 20.5. The van der Waals surface area contributed by atoms with Gasteiger partial charge in [0, 0.05) is 24.2 Å². The molecule has 1 saturated carbocycles. The number of carbonyl (C=O) groups is 2. The second-order valence-corrected chi connectivity index (χ2v) is 11.7. The molecule has 0 radical (unpaired) electrons. The van der Waals surface area contributed by atoms with Crippen molar-refractivity contribution in [2.75, 3.05) is 6.54 Å². The fraction of sp³-hybridized carbons (Fsp3) is 0.440. The van der Waals surface area contributed by atoms with Crippen LogP contribution in [0.4, 0.5) is 13.2 Å². The summed E-state index contributed by atoms with van der Waals surface area (Å²) in [6.07, 6.45) is -1.73. The third kappa shape index (κ3) is 5.46. The number of pyridine rings is 1. The number of nitrogens with zero attached hydrogens (tertiary/aromatic N) is 3. The summed E-state index contributed by atoms with van der Waals surface area (Å²) in [6, 6.07) is 8.78. The first kappa shape index (κ1) is 26.6. The van der Waals surface area contributed by atoms with Gasteiger partial charge in [-0.25, -0.2) is 8.42 Å². The molecule has 2 fully saturated rings. The van der Waals surface area contributed by atoms with Crippen LogP contribution in [0.5, 0.6) is 0 Å². The molecule has 2 atom stereocenters. The molecule has 37 heavy (non-hydrogen) atoms. The van der Waals surface area contributed by atoms with E-state index >= 15 is 0 Å². The summed E-state index contributed by atoms with van der Waals surface area (Å²) in [5.74, 6) is -2.05. The Bertz CT molecular complexity index is 1330. The van der Waals surface area contributed by atoms with Crippen LogP contribution in [-0.2, 0) is 27.2 Å². The maximum Gasteiger partial charge on any atom is 0.433 e. The van der Waals surface area contributed by atoms with Crippen LogP contribution in [0.25, 0.3) is 0 Å². The van der Waals surface area contributed by atoms with Gasteiger partial charge in [-0.15, -0.1) is 0 Å². The summed E-state index contributed by atoms with van der Waals surface area (Å²) in [5, 5.41) is 8.27. The Morgan fingerprint density at radius 1 is 1.19 bits per heavy atom. The van der Waals surface area contributed by atoms with Crippen LogP contribution in [-0.4, -0.2) is 48.0 Å². The topological polar surface area (TPSA) is 134 Å². The van der Waals surface area contributed by atoms with E-state index in [9.17, 15) is 31.2 Å². The average molecular weight is 535 g/mol. The number of carbonyl (C=O) groups excluding carboxylic acids is 2. The molecule has 2 aromatic rings. The van der Waals surface area contributed by atoms with E-state index in [0.717, 1.165) is 12.3 Å². The normalized spacial score (nSPS) is 24.1. The first-order valence-electron chi connectivity index (χ1n) is 11.8. The van der Waals surface area contributed by atoms with Crippen molar-refractivity contribution in [1.29, 1.82) is 5.26 Å². The number of alkyl halides is 3. The molecule has 1 aromatic carbocycles. The van der Waals surface area contributed by atoms with E-state index < -0.39 is 50.7 Å². The van der Waals surface area contributed by atoms with Gasteiger partial charge in [0.2, 0.25) is 5.91 Å². The Labute approximate surface area is 212 Å². The lowest BCUT2D eigenvalue weighted by Crippen LogP contribution is -2.55. The first-order valence-corrected chi connectivity index (χ1v) is 13.3. The zero-order valence-electron chi connectivity index (χ0n) is 19.7. The molecule has 2 amide bonds. The molecule has 2 aliphatic rings. The fourth-order valence-electron chi connectivity index (χ4n) is 5.01. The standard InChI is InChI=1S/C25H25F3N4O4S/c26-25(27,28)21-7-6-15(14-31-21)9-17-4-2-8-32(22(17)23(30)33)24(34)18-3-1-5-19(12-18)37(35,36)20-10-16(11-20)13-29/h1,3,5-7,12,14,16-17,20,22H,2,4,8-11H2,(H2,30,33)/t16?,17?,20?,22-/m1/s1. The van der Waals surface area contributed by atoms with Crippen molar-refractivity contribution in [2.45, 2.75) is 54.5 Å². The Balaban J connectivity index is 1.54. The van der Waals surface area contributed by atoms with Crippen molar-refractivity contribution >= 4 is 21.7 Å². The molecule has 0 bridgehead atoms.